The van der Waals surface area contributed by atoms with Gasteiger partial charge in [-0.2, -0.15) is 0 Å². The smallest absolute Gasteiger partial charge is 0.261 e. The number of para-hydroxylation sites is 1. The Morgan fingerprint density at radius 2 is 1.48 bits per heavy atom. The van der Waals surface area contributed by atoms with E-state index in [1.54, 1.807) is 24.4 Å². The average Bonchev–Trinajstić information content (AvgIpc) is 3.03. The predicted molar refractivity (Wildman–Crippen MR) is 183 cm³/mol. The van der Waals surface area contributed by atoms with Crippen molar-refractivity contribution in [3.63, 3.8) is 0 Å². The van der Waals surface area contributed by atoms with Crippen LogP contribution in [0.5, 0.6) is 5.75 Å². The lowest BCUT2D eigenvalue weighted by molar-refractivity contribution is 0.199. The first kappa shape index (κ1) is 32.8. The summed E-state index contributed by atoms with van der Waals surface area (Å²) in [5.74, 6) is 0.177. The van der Waals surface area contributed by atoms with Crippen molar-refractivity contribution in [3.8, 4) is 5.75 Å². The maximum Gasteiger partial charge on any atom is 0.261 e. The Hall–Kier alpha value is -4.07. The van der Waals surface area contributed by atoms with Crippen LogP contribution in [0.3, 0.4) is 0 Å². The highest BCUT2D eigenvalue weighted by atomic mass is 28.4. The van der Waals surface area contributed by atoms with Gasteiger partial charge in [0.05, 0.1) is 25.0 Å². The van der Waals surface area contributed by atoms with E-state index < -0.39 is 14.4 Å². The lowest BCUT2D eigenvalue weighted by Crippen LogP contribution is -2.66. The van der Waals surface area contributed by atoms with Crippen molar-refractivity contribution in [2.45, 2.75) is 44.8 Å². The Bertz CT molecular complexity index is 1520. The van der Waals surface area contributed by atoms with Crippen molar-refractivity contribution in [1.82, 2.24) is 4.98 Å². The van der Waals surface area contributed by atoms with Crippen molar-refractivity contribution in [2.24, 2.45) is 0 Å². The number of aliphatic hydroxyl groups is 2. The van der Waals surface area contributed by atoms with Gasteiger partial charge in [-0.3, -0.25) is 4.98 Å². The highest BCUT2D eigenvalue weighted by molar-refractivity contribution is 6.99. The Balaban J connectivity index is 1.59. The number of rotatable bonds is 13. The predicted octanol–water partition coefficient (Wildman–Crippen LogP) is 6.52. The highest BCUT2D eigenvalue weighted by Crippen LogP contribution is 2.37. The van der Waals surface area contributed by atoms with Crippen LogP contribution in [0.4, 0.5) is 0 Å². The minimum absolute atomic E-state index is 0.177. The van der Waals surface area contributed by atoms with E-state index in [0.717, 1.165) is 21.6 Å². The van der Waals surface area contributed by atoms with E-state index in [-0.39, 0.29) is 24.0 Å². The number of hydrogen-bond acceptors (Lipinski definition) is 5. The fraction of sp³-hybridized carbons (Fsp3) is 0.237. The van der Waals surface area contributed by atoms with Crippen LogP contribution < -0.4 is 10.4 Å². The number of allylic oxidation sites excluding steroid dienone is 1. The molecule has 0 saturated heterocycles. The fourth-order valence-electron chi connectivity index (χ4n) is 5.73. The van der Waals surface area contributed by atoms with Gasteiger partial charge in [0.15, 0.2) is 0 Å². The second kappa shape index (κ2) is 15.1. The lowest BCUT2D eigenvalue weighted by Gasteiger charge is -2.43. The topological polar surface area (TPSA) is 82.8 Å². The van der Waals surface area contributed by atoms with Gasteiger partial charge in [0, 0.05) is 11.8 Å². The van der Waals surface area contributed by atoms with Gasteiger partial charge in [0.25, 0.3) is 8.32 Å². The molecule has 0 bridgehead atoms. The molecule has 5 nitrogen and oxygen atoms in total. The molecule has 0 fully saturated rings. The van der Waals surface area contributed by atoms with Crippen molar-refractivity contribution in [2.75, 3.05) is 13.2 Å². The second-order valence-electron chi connectivity index (χ2n) is 11.9. The normalized spacial score (nSPS) is 13.5. The number of benzene rings is 3. The molecule has 0 radical (unpaired) electrons. The Morgan fingerprint density at radius 3 is 2.02 bits per heavy atom. The van der Waals surface area contributed by atoms with Crippen LogP contribution in [0.1, 0.15) is 44.9 Å². The summed E-state index contributed by atoms with van der Waals surface area (Å²) in [6.45, 7) is 11.0. The van der Waals surface area contributed by atoms with Gasteiger partial charge < -0.3 is 19.7 Å². The van der Waals surface area contributed by atoms with Crippen LogP contribution in [0.25, 0.3) is 11.6 Å². The van der Waals surface area contributed by atoms with Crippen molar-refractivity contribution in [1.29, 1.82) is 0 Å². The number of pyridine rings is 1. The number of aliphatic hydroxyl groups excluding tert-OH is 2. The maximum absolute atomic E-state index is 11.5. The second-order valence-corrected chi connectivity index (χ2v) is 16.2. The van der Waals surface area contributed by atoms with E-state index in [2.05, 4.69) is 56.6 Å². The van der Waals surface area contributed by atoms with Gasteiger partial charge in [-0.05, 0) is 69.2 Å². The van der Waals surface area contributed by atoms with Crippen molar-refractivity contribution < 1.29 is 19.7 Å². The van der Waals surface area contributed by atoms with Crippen LogP contribution in [-0.2, 0) is 4.43 Å². The average molecular weight is 606 g/mol. The molecule has 3 aromatic carbocycles. The molecule has 4 rings (SSSR count). The summed E-state index contributed by atoms with van der Waals surface area (Å²) in [5.41, 5.74) is 3.52. The number of phenolic OH excluding ortho intramolecular Hbond substituents is 1. The third-order valence-electron chi connectivity index (χ3n) is 7.91. The fourth-order valence-corrected chi connectivity index (χ4v) is 10.3. The molecule has 1 atom stereocenters. The summed E-state index contributed by atoms with van der Waals surface area (Å²) in [6, 6.07) is 33.6. The molecule has 1 unspecified atom stereocenters. The number of aromatic hydroxyl groups is 1. The van der Waals surface area contributed by atoms with Crippen LogP contribution >= 0.6 is 0 Å². The maximum atomic E-state index is 11.5. The summed E-state index contributed by atoms with van der Waals surface area (Å²) in [5, 5.41) is 33.9. The first-order chi connectivity index (χ1) is 21.2. The first-order valence-electron chi connectivity index (χ1n) is 15.0. The van der Waals surface area contributed by atoms with Crippen molar-refractivity contribution in [3.05, 3.63) is 144 Å². The van der Waals surface area contributed by atoms with Crippen LogP contribution in [0.15, 0.2) is 133 Å². The van der Waals surface area contributed by atoms with E-state index in [1.807, 2.05) is 72.8 Å². The van der Waals surface area contributed by atoms with Crippen LogP contribution in [-0.4, -0.2) is 47.9 Å². The minimum atomic E-state index is -2.82. The highest BCUT2D eigenvalue weighted by Gasteiger charge is 2.50. The molecule has 44 heavy (non-hydrogen) atoms. The number of nitrogens with zero attached hydrogens (tertiary/aromatic N) is 1. The minimum Gasteiger partial charge on any atom is -0.507 e. The molecule has 3 N–H and O–H groups in total. The van der Waals surface area contributed by atoms with E-state index in [4.69, 9.17) is 4.43 Å². The lowest BCUT2D eigenvalue weighted by atomic mass is 9.94. The molecule has 0 aliphatic heterocycles. The van der Waals surface area contributed by atoms with Gasteiger partial charge in [-0.25, -0.2) is 0 Å². The third-order valence-corrected chi connectivity index (χ3v) is 12.9. The molecule has 1 heterocycles. The summed E-state index contributed by atoms with van der Waals surface area (Å²) in [4.78, 5) is 4.52. The SMILES string of the molecule is C=C(CO[Si](c1ccccc1)(c1ccccc1)C(C)(C)C)/C(=C/CO)C(O)CC/C(=C/c1ccccc1O)c1ccccn1. The van der Waals surface area contributed by atoms with Gasteiger partial charge in [0.1, 0.15) is 5.75 Å². The molecule has 0 amide bonds. The van der Waals surface area contributed by atoms with E-state index in [1.165, 1.54) is 0 Å². The molecule has 4 aromatic rings. The Labute approximate surface area is 262 Å². The number of phenols is 1. The molecule has 1 aromatic heterocycles. The third kappa shape index (κ3) is 7.71. The summed E-state index contributed by atoms with van der Waals surface area (Å²) in [7, 11) is -2.82. The van der Waals surface area contributed by atoms with Gasteiger partial charge in [0.2, 0.25) is 0 Å². The zero-order valence-corrected chi connectivity index (χ0v) is 26.9. The summed E-state index contributed by atoms with van der Waals surface area (Å²) in [6.07, 6.45) is 5.20. The molecular formula is C38H43NO4Si. The Kier molecular flexibility index (Phi) is 11.3. The summed E-state index contributed by atoms with van der Waals surface area (Å²) < 4.78 is 7.05. The molecule has 6 heteroatoms. The largest absolute Gasteiger partial charge is 0.507 e. The first-order valence-corrected chi connectivity index (χ1v) is 16.9. The molecule has 0 aliphatic carbocycles. The van der Waals surface area contributed by atoms with Gasteiger partial charge in [-0.15, -0.1) is 0 Å². The van der Waals surface area contributed by atoms with E-state index in [9.17, 15) is 15.3 Å². The quantitative estimate of drug-likeness (QED) is 0.119. The molecule has 228 valence electrons. The number of aromatic nitrogens is 1. The molecule has 0 saturated carbocycles. The van der Waals surface area contributed by atoms with Crippen LogP contribution in [0.2, 0.25) is 5.04 Å². The van der Waals surface area contributed by atoms with Crippen molar-refractivity contribution >= 4 is 30.3 Å². The van der Waals surface area contributed by atoms with Crippen LogP contribution in [0, 0.1) is 0 Å². The zero-order chi connectivity index (χ0) is 31.6. The monoisotopic (exact) mass is 605 g/mol. The molecular weight excluding hydrogens is 563 g/mol. The zero-order valence-electron chi connectivity index (χ0n) is 25.9. The number of hydrogen-bond donors (Lipinski definition) is 3. The molecule has 0 aliphatic rings. The van der Waals surface area contributed by atoms with E-state index >= 15 is 0 Å². The van der Waals surface area contributed by atoms with E-state index in [0.29, 0.717) is 29.6 Å². The Morgan fingerprint density at radius 1 is 0.886 bits per heavy atom. The molecule has 0 spiro atoms. The van der Waals surface area contributed by atoms with Gasteiger partial charge in [-0.1, -0.05) is 118 Å². The van der Waals surface area contributed by atoms with Gasteiger partial charge >= 0.3 is 0 Å². The standard InChI is InChI=1S/C38H43NO4Si/c1-29(28-43-44(38(2,3)4,32-16-7-5-8-17-32)33-18-9-6-10-19-33)34(24-26-40)37(42)23-22-30(35-20-13-14-25-39-35)27-31-15-11-12-21-36(31)41/h5-21,24-25,27,37,40-42H,1,22-23,26,28H2,2-4H3/b30-27-,34-24-. The summed E-state index contributed by atoms with van der Waals surface area (Å²) >= 11 is 0.